The highest BCUT2D eigenvalue weighted by atomic mass is 16.6. The largest absolute Gasteiger partial charge is 0.490 e. The van der Waals surface area contributed by atoms with Crippen LogP contribution in [0.25, 0.3) is 11.3 Å². The molecular weight excluding hydrogens is 294 g/mol. The average Bonchev–Trinajstić information content (AvgIpc) is 3.02. The van der Waals surface area contributed by atoms with Gasteiger partial charge in [-0.25, -0.2) is 4.63 Å². The molecule has 2 rings (SSSR count). The number of hydrogen-bond acceptors (Lipinski definition) is 5. The maximum absolute atomic E-state index is 12.2. The van der Waals surface area contributed by atoms with Crippen molar-refractivity contribution in [2.45, 2.75) is 26.7 Å². The number of anilines is 1. The number of hydrogen-bond donors (Lipinski definition) is 1. The van der Waals surface area contributed by atoms with Gasteiger partial charge in [-0.15, -0.1) is 0 Å². The van der Waals surface area contributed by atoms with Gasteiger partial charge in [0.1, 0.15) is 12.4 Å². The van der Waals surface area contributed by atoms with Crippen LogP contribution in [0.3, 0.4) is 0 Å². The van der Waals surface area contributed by atoms with Gasteiger partial charge in [-0.2, -0.15) is 0 Å². The monoisotopic (exact) mass is 315 g/mol. The Bertz CT molecular complexity index is 645. The van der Waals surface area contributed by atoms with E-state index >= 15 is 0 Å². The number of rotatable bonds is 8. The molecule has 0 fully saturated rings. The SMILES string of the molecule is C=CCOc1ccc(-c2nonc2NC(=O)C(CC)CC)cc1. The number of amides is 1. The summed E-state index contributed by atoms with van der Waals surface area (Å²) >= 11 is 0. The summed E-state index contributed by atoms with van der Waals surface area (Å²) in [5, 5.41) is 10.5. The van der Waals surface area contributed by atoms with Gasteiger partial charge >= 0.3 is 0 Å². The molecule has 1 N–H and O–H groups in total. The zero-order chi connectivity index (χ0) is 16.7. The highest BCUT2D eigenvalue weighted by molar-refractivity contribution is 5.94. The molecule has 0 aliphatic rings. The third-order valence-electron chi connectivity index (χ3n) is 3.58. The molecule has 23 heavy (non-hydrogen) atoms. The van der Waals surface area contributed by atoms with E-state index in [1.807, 2.05) is 38.1 Å². The van der Waals surface area contributed by atoms with Crippen molar-refractivity contribution in [3.63, 3.8) is 0 Å². The van der Waals surface area contributed by atoms with E-state index in [1.54, 1.807) is 6.08 Å². The van der Waals surface area contributed by atoms with E-state index in [9.17, 15) is 4.79 Å². The van der Waals surface area contributed by atoms with Crippen LogP contribution >= 0.6 is 0 Å². The van der Waals surface area contributed by atoms with Crippen molar-refractivity contribution in [2.75, 3.05) is 11.9 Å². The fourth-order valence-corrected chi connectivity index (χ4v) is 2.20. The van der Waals surface area contributed by atoms with Gasteiger partial charge in [0, 0.05) is 11.5 Å². The Hall–Kier alpha value is -2.63. The Morgan fingerprint density at radius 3 is 2.61 bits per heavy atom. The highest BCUT2D eigenvalue weighted by Crippen LogP contribution is 2.27. The second-order valence-corrected chi connectivity index (χ2v) is 5.09. The van der Waals surface area contributed by atoms with Gasteiger partial charge in [0.05, 0.1) is 0 Å². The molecule has 0 aliphatic heterocycles. The summed E-state index contributed by atoms with van der Waals surface area (Å²) in [5.41, 5.74) is 1.29. The van der Waals surface area contributed by atoms with Crippen LogP contribution < -0.4 is 10.1 Å². The van der Waals surface area contributed by atoms with E-state index in [0.717, 1.165) is 24.2 Å². The first-order valence-corrected chi connectivity index (χ1v) is 7.67. The lowest BCUT2D eigenvalue weighted by atomic mass is 10.0. The Labute approximate surface area is 135 Å². The molecule has 0 radical (unpaired) electrons. The topological polar surface area (TPSA) is 77.2 Å². The molecule has 6 heteroatoms. The summed E-state index contributed by atoms with van der Waals surface area (Å²) in [6.45, 7) is 8.02. The molecule has 0 aliphatic carbocycles. The standard InChI is InChI=1S/C17H21N3O3/c1-4-11-22-14-9-7-13(8-10-14)15-16(20-23-19-15)18-17(21)12(5-2)6-3/h4,7-10,12H,1,5-6,11H2,2-3H3,(H,18,20,21). The minimum atomic E-state index is -0.0714. The summed E-state index contributed by atoms with van der Waals surface area (Å²) in [6.07, 6.45) is 3.23. The molecule has 1 aromatic carbocycles. The summed E-state index contributed by atoms with van der Waals surface area (Å²) in [7, 11) is 0. The third kappa shape index (κ3) is 4.18. The highest BCUT2D eigenvalue weighted by Gasteiger charge is 2.19. The van der Waals surface area contributed by atoms with Gasteiger partial charge in [0.15, 0.2) is 5.69 Å². The van der Waals surface area contributed by atoms with Gasteiger partial charge in [-0.05, 0) is 47.4 Å². The number of nitrogens with one attached hydrogen (secondary N) is 1. The van der Waals surface area contributed by atoms with Crippen molar-refractivity contribution in [2.24, 2.45) is 5.92 Å². The van der Waals surface area contributed by atoms with Crippen LogP contribution in [0.15, 0.2) is 41.5 Å². The molecule has 1 aromatic heterocycles. The lowest BCUT2D eigenvalue weighted by Gasteiger charge is -2.11. The second-order valence-electron chi connectivity index (χ2n) is 5.09. The van der Waals surface area contributed by atoms with Crippen molar-refractivity contribution in [1.82, 2.24) is 10.3 Å². The third-order valence-corrected chi connectivity index (χ3v) is 3.58. The fraction of sp³-hybridized carbons (Fsp3) is 0.353. The fourth-order valence-electron chi connectivity index (χ4n) is 2.20. The maximum Gasteiger partial charge on any atom is 0.228 e. The number of ether oxygens (including phenoxy) is 1. The lowest BCUT2D eigenvalue weighted by Crippen LogP contribution is -2.22. The molecule has 0 bridgehead atoms. The summed E-state index contributed by atoms with van der Waals surface area (Å²) in [6, 6.07) is 7.31. The average molecular weight is 315 g/mol. The van der Waals surface area contributed by atoms with Crippen molar-refractivity contribution in [3.8, 4) is 17.0 Å². The first kappa shape index (κ1) is 16.7. The Kier molecular flexibility index (Phi) is 5.91. The smallest absolute Gasteiger partial charge is 0.228 e. The number of aromatic nitrogens is 2. The molecule has 0 spiro atoms. The molecule has 0 saturated carbocycles. The van der Waals surface area contributed by atoms with Crippen LogP contribution in [0.5, 0.6) is 5.75 Å². The lowest BCUT2D eigenvalue weighted by molar-refractivity contribution is -0.120. The van der Waals surface area contributed by atoms with Gasteiger partial charge in [0.25, 0.3) is 0 Å². The van der Waals surface area contributed by atoms with E-state index in [0.29, 0.717) is 18.1 Å². The molecule has 2 aromatic rings. The zero-order valence-corrected chi connectivity index (χ0v) is 13.4. The molecule has 6 nitrogen and oxygen atoms in total. The van der Waals surface area contributed by atoms with Crippen LogP contribution in [-0.4, -0.2) is 22.8 Å². The van der Waals surface area contributed by atoms with Crippen LogP contribution in [-0.2, 0) is 4.79 Å². The summed E-state index contributed by atoms with van der Waals surface area (Å²) in [4.78, 5) is 12.2. The number of carbonyl (C=O) groups is 1. The number of carbonyl (C=O) groups excluding carboxylic acids is 1. The van der Waals surface area contributed by atoms with E-state index < -0.39 is 0 Å². The zero-order valence-electron chi connectivity index (χ0n) is 13.4. The maximum atomic E-state index is 12.2. The van der Waals surface area contributed by atoms with Crippen LogP contribution in [0.2, 0.25) is 0 Å². The number of nitrogens with zero attached hydrogens (tertiary/aromatic N) is 2. The van der Waals surface area contributed by atoms with Crippen molar-refractivity contribution in [3.05, 3.63) is 36.9 Å². The minimum Gasteiger partial charge on any atom is -0.490 e. The van der Waals surface area contributed by atoms with E-state index in [1.165, 1.54) is 0 Å². The first-order valence-electron chi connectivity index (χ1n) is 7.67. The van der Waals surface area contributed by atoms with Gasteiger partial charge in [-0.3, -0.25) is 4.79 Å². The first-order chi connectivity index (χ1) is 11.2. The molecule has 1 amide bonds. The molecule has 122 valence electrons. The predicted molar refractivity (Wildman–Crippen MR) is 88.1 cm³/mol. The van der Waals surface area contributed by atoms with Gasteiger partial charge < -0.3 is 10.1 Å². The van der Waals surface area contributed by atoms with Crippen molar-refractivity contribution >= 4 is 11.7 Å². The predicted octanol–water partition coefficient (Wildman–Crippen LogP) is 3.68. The Morgan fingerprint density at radius 2 is 2.00 bits per heavy atom. The Morgan fingerprint density at radius 1 is 1.30 bits per heavy atom. The molecule has 0 atom stereocenters. The van der Waals surface area contributed by atoms with Gasteiger partial charge in [-0.1, -0.05) is 26.5 Å². The van der Waals surface area contributed by atoms with Crippen LogP contribution in [0.4, 0.5) is 5.82 Å². The summed E-state index contributed by atoms with van der Waals surface area (Å²) < 4.78 is 10.2. The van der Waals surface area contributed by atoms with Crippen molar-refractivity contribution in [1.29, 1.82) is 0 Å². The molecule has 1 heterocycles. The van der Waals surface area contributed by atoms with E-state index in [-0.39, 0.29) is 11.8 Å². The van der Waals surface area contributed by atoms with Crippen molar-refractivity contribution < 1.29 is 14.2 Å². The summed E-state index contributed by atoms with van der Waals surface area (Å²) in [5.74, 6) is 0.946. The Balaban J connectivity index is 2.14. The molecular formula is C17H21N3O3. The van der Waals surface area contributed by atoms with Gasteiger partial charge in [0.2, 0.25) is 11.7 Å². The van der Waals surface area contributed by atoms with Crippen LogP contribution in [0.1, 0.15) is 26.7 Å². The van der Waals surface area contributed by atoms with E-state index in [2.05, 4.69) is 22.2 Å². The normalized spacial score (nSPS) is 10.6. The molecule has 0 saturated heterocycles. The van der Waals surface area contributed by atoms with Crippen LogP contribution in [0, 0.1) is 5.92 Å². The molecule has 0 unspecified atom stereocenters. The quantitative estimate of drug-likeness (QED) is 0.752. The number of benzene rings is 1. The second kappa shape index (κ2) is 8.12. The minimum absolute atomic E-state index is 0.0470. The van der Waals surface area contributed by atoms with E-state index in [4.69, 9.17) is 9.37 Å².